The molecule has 1 fully saturated rings. The molecule has 1 amide bonds. The summed E-state index contributed by atoms with van der Waals surface area (Å²) in [7, 11) is -2.29. The zero-order valence-electron chi connectivity index (χ0n) is 14.8. The number of hydrogen-bond acceptors (Lipinski definition) is 6. The fraction of sp³-hybridized carbons (Fsp3) is 0.444. The standard InChI is InChI=1S/C18H22N2O5S/c1-13-5-6-14(11-16(13)24-2)18(8-3-4-9-18)17(21)20-26(22,23)12-15-7-10-25-19-15/h5-7,10-11H,3-4,8-9,12H2,1-2H3,(H,20,21). The number of nitrogens with one attached hydrogen (secondary N) is 1. The van der Waals surface area contributed by atoms with Crippen molar-refractivity contribution >= 4 is 15.9 Å². The number of methoxy groups -OCH3 is 1. The van der Waals surface area contributed by atoms with Crippen LogP contribution in [-0.2, 0) is 26.0 Å². The molecule has 26 heavy (non-hydrogen) atoms. The first kappa shape index (κ1) is 18.4. The van der Waals surface area contributed by atoms with Crippen molar-refractivity contribution in [2.45, 2.75) is 43.8 Å². The summed E-state index contributed by atoms with van der Waals surface area (Å²) in [5.41, 5.74) is 1.13. The van der Waals surface area contributed by atoms with E-state index < -0.39 is 27.1 Å². The molecule has 0 radical (unpaired) electrons. The molecule has 0 saturated heterocycles. The zero-order valence-corrected chi connectivity index (χ0v) is 15.6. The highest BCUT2D eigenvalue weighted by molar-refractivity contribution is 7.89. The quantitative estimate of drug-likeness (QED) is 0.829. The molecule has 1 aliphatic carbocycles. The van der Waals surface area contributed by atoms with Crippen LogP contribution in [0.15, 0.2) is 35.1 Å². The van der Waals surface area contributed by atoms with Gasteiger partial charge in [-0.25, -0.2) is 8.42 Å². The molecule has 0 spiro atoms. The Morgan fingerprint density at radius 2 is 2.04 bits per heavy atom. The smallest absolute Gasteiger partial charge is 0.244 e. The van der Waals surface area contributed by atoms with Gasteiger partial charge in [0, 0.05) is 6.07 Å². The number of rotatable bonds is 6. The third kappa shape index (κ3) is 3.60. The van der Waals surface area contributed by atoms with Gasteiger partial charge in [-0.05, 0) is 37.0 Å². The number of benzene rings is 1. The van der Waals surface area contributed by atoms with Gasteiger partial charge >= 0.3 is 0 Å². The first-order valence-electron chi connectivity index (χ1n) is 8.46. The Labute approximate surface area is 152 Å². The molecule has 8 heteroatoms. The van der Waals surface area contributed by atoms with Crippen LogP contribution in [0.2, 0.25) is 0 Å². The van der Waals surface area contributed by atoms with E-state index in [9.17, 15) is 13.2 Å². The van der Waals surface area contributed by atoms with E-state index in [1.807, 2.05) is 25.1 Å². The Morgan fingerprint density at radius 3 is 2.65 bits per heavy atom. The maximum atomic E-state index is 13.0. The molecule has 1 saturated carbocycles. The van der Waals surface area contributed by atoms with Crippen LogP contribution < -0.4 is 9.46 Å². The Balaban J connectivity index is 1.88. The molecule has 1 aromatic carbocycles. The molecule has 0 unspecified atom stereocenters. The highest BCUT2D eigenvalue weighted by Crippen LogP contribution is 2.43. The van der Waals surface area contributed by atoms with Gasteiger partial charge in [-0.3, -0.25) is 9.52 Å². The summed E-state index contributed by atoms with van der Waals surface area (Å²) < 4.78 is 37.0. The molecule has 3 rings (SSSR count). The van der Waals surface area contributed by atoms with Crippen LogP contribution in [0.4, 0.5) is 0 Å². The lowest BCUT2D eigenvalue weighted by Crippen LogP contribution is -2.45. The van der Waals surface area contributed by atoms with Gasteiger partial charge in [-0.1, -0.05) is 30.1 Å². The first-order valence-corrected chi connectivity index (χ1v) is 10.1. The Hall–Kier alpha value is -2.35. The van der Waals surface area contributed by atoms with E-state index in [2.05, 4.69) is 14.4 Å². The molecule has 2 aromatic rings. The van der Waals surface area contributed by atoms with E-state index in [1.165, 1.54) is 12.3 Å². The van der Waals surface area contributed by atoms with Gasteiger partial charge in [0.1, 0.15) is 23.5 Å². The molecule has 0 atom stereocenters. The SMILES string of the molecule is COc1cc(C2(C(=O)NS(=O)(=O)Cc3ccon3)CCCC2)ccc1C. The van der Waals surface area contributed by atoms with Gasteiger partial charge in [0.25, 0.3) is 0 Å². The van der Waals surface area contributed by atoms with E-state index >= 15 is 0 Å². The van der Waals surface area contributed by atoms with E-state index in [-0.39, 0.29) is 5.69 Å². The van der Waals surface area contributed by atoms with Crippen LogP contribution in [0.1, 0.15) is 42.5 Å². The average Bonchev–Trinajstić information content (AvgIpc) is 3.26. The molecule has 140 valence electrons. The second-order valence-electron chi connectivity index (χ2n) is 6.65. The summed E-state index contributed by atoms with van der Waals surface area (Å²) in [6.45, 7) is 1.92. The van der Waals surface area contributed by atoms with Crippen molar-refractivity contribution in [1.29, 1.82) is 0 Å². The van der Waals surface area contributed by atoms with E-state index in [4.69, 9.17) is 4.74 Å². The Bertz CT molecular complexity index is 884. The maximum Gasteiger partial charge on any atom is 0.244 e. The highest BCUT2D eigenvalue weighted by Gasteiger charge is 2.44. The monoisotopic (exact) mass is 378 g/mol. The largest absolute Gasteiger partial charge is 0.496 e. The predicted molar refractivity (Wildman–Crippen MR) is 95.1 cm³/mol. The van der Waals surface area contributed by atoms with Crippen LogP contribution in [0.5, 0.6) is 5.75 Å². The number of carbonyl (C=O) groups is 1. The number of amides is 1. The number of carbonyl (C=O) groups excluding carboxylic acids is 1. The molecule has 1 aliphatic rings. The Morgan fingerprint density at radius 1 is 1.31 bits per heavy atom. The topological polar surface area (TPSA) is 98.5 Å². The van der Waals surface area contributed by atoms with Crippen LogP contribution in [0.3, 0.4) is 0 Å². The second kappa shape index (κ2) is 7.11. The maximum absolute atomic E-state index is 13.0. The van der Waals surface area contributed by atoms with Crippen molar-refractivity contribution in [3.8, 4) is 5.75 Å². The number of nitrogens with zero attached hydrogens (tertiary/aromatic N) is 1. The van der Waals surface area contributed by atoms with E-state index in [1.54, 1.807) is 7.11 Å². The van der Waals surface area contributed by atoms with E-state index in [0.29, 0.717) is 18.6 Å². The van der Waals surface area contributed by atoms with Gasteiger partial charge in [-0.2, -0.15) is 0 Å². The first-order chi connectivity index (χ1) is 12.4. The lowest BCUT2D eigenvalue weighted by Gasteiger charge is -2.28. The molecule has 7 nitrogen and oxygen atoms in total. The summed E-state index contributed by atoms with van der Waals surface area (Å²) >= 11 is 0. The average molecular weight is 378 g/mol. The van der Waals surface area contributed by atoms with Gasteiger partial charge < -0.3 is 9.26 Å². The van der Waals surface area contributed by atoms with Crippen LogP contribution in [-0.4, -0.2) is 26.6 Å². The molecule has 0 bridgehead atoms. The normalized spacial score (nSPS) is 16.4. The molecular weight excluding hydrogens is 356 g/mol. The number of hydrogen-bond donors (Lipinski definition) is 1. The van der Waals surface area contributed by atoms with Gasteiger partial charge in [0.15, 0.2) is 0 Å². The van der Waals surface area contributed by atoms with E-state index in [0.717, 1.165) is 24.0 Å². The fourth-order valence-corrected chi connectivity index (χ4v) is 4.61. The number of aromatic nitrogens is 1. The van der Waals surface area contributed by atoms with Gasteiger partial charge in [-0.15, -0.1) is 0 Å². The van der Waals surface area contributed by atoms with Crippen molar-refractivity contribution in [3.63, 3.8) is 0 Å². The second-order valence-corrected chi connectivity index (χ2v) is 8.38. The zero-order chi connectivity index (χ0) is 18.8. The summed E-state index contributed by atoms with van der Waals surface area (Å²) in [4.78, 5) is 13.0. The predicted octanol–water partition coefficient (Wildman–Crippen LogP) is 2.45. The summed E-state index contributed by atoms with van der Waals surface area (Å²) in [5.74, 6) is -0.209. The minimum Gasteiger partial charge on any atom is -0.496 e. The Kier molecular flexibility index (Phi) is 5.04. The van der Waals surface area contributed by atoms with Crippen LogP contribution in [0, 0.1) is 6.92 Å². The molecule has 1 heterocycles. The van der Waals surface area contributed by atoms with Gasteiger partial charge in [0.2, 0.25) is 15.9 Å². The number of ether oxygens (including phenoxy) is 1. The van der Waals surface area contributed by atoms with Crippen molar-refractivity contribution < 1.29 is 22.5 Å². The van der Waals surface area contributed by atoms with Crippen molar-refractivity contribution in [1.82, 2.24) is 9.88 Å². The minimum atomic E-state index is -3.86. The molecule has 1 aromatic heterocycles. The molecule has 1 N–H and O–H groups in total. The van der Waals surface area contributed by atoms with Crippen LogP contribution in [0.25, 0.3) is 0 Å². The lowest BCUT2D eigenvalue weighted by molar-refractivity contribution is -0.124. The third-order valence-corrected chi connectivity index (χ3v) is 6.10. The summed E-state index contributed by atoms with van der Waals surface area (Å²) in [6.07, 6.45) is 4.23. The van der Waals surface area contributed by atoms with Crippen molar-refractivity contribution in [3.05, 3.63) is 47.3 Å². The highest BCUT2D eigenvalue weighted by atomic mass is 32.2. The summed E-state index contributed by atoms with van der Waals surface area (Å²) in [5, 5.41) is 3.59. The number of sulfonamides is 1. The summed E-state index contributed by atoms with van der Waals surface area (Å²) in [6, 6.07) is 7.07. The minimum absolute atomic E-state index is 0.253. The lowest BCUT2D eigenvalue weighted by atomic mass is 9.78. The van der Waals surface area contributed by atoms with Crippen molar-refractivity contribution in [2.24, 2.45) is 0 Å². The van der Waals surface area contributed by atoms with Crippen molar-refractivity contribution in [2.75, 3.05) is 7.11 Å². The number of aryl methyl sites for hydroxylation is 1. The van der Waals surface area contributed by atoms with Gasteiger partial charge in [0.05, 0.1) is 12.5 Å². The molecule has 0 aliphatic heterocycles. The van der Waals surface area contributed by atoms with Crippen LogP contribution >= 0.6 is 0 Å². The third-order valence-electron chi connectivity index (χ3n) is 4.93. The molecular formula is C18H22N2O5S. The fourth-order valence-electron chi connectivity index (χ4n) is 3.52.